The van der Waals surface area contributed by atoms with Gasteiger partial charge in [0.1, 0.15) is 11.4 Å². The number of aromatic nitrogens is 2. The smallest absolute Gasteiger partial charge is 0.337 e. The van der Waals surface area contributed by atoms with Crippen molar-refractivity contribution in [3.8, 4) is 5.69 Å². The summed E-state index contributed by atoms with van der Waals surface area (Å²) in [6.45, 7) is 5.68. The standard InChI is InChI=1S/C24H26ClN3O3S/c1-14-10-15(2)12-26(11-14)20(29)13-27-23-21(18-4-3-5-19(18)32-23)22(30)28(24(27)31)17-8-6-16(25)7-9-17/h6-9,14-15H,3-5,10-13H2,1-2H3/t14-,15-/m0/s1. The topological polar surface area (TPSA) is 64.3 Å². The Labute approximate surface area is 195 Å². The molecule has 1 saturated heterocycles. The third-order valence-corrected chi connectivity index (χ3v) is 8.15. The number of amides is 1. The molecule has 0 radical (unpaired) electrons. The molecule has 0 spiro atoms. The highest BCUT2D eigenvalue weighted by Gasteiger charge is 2.29. The summed E-state index contributed by atoms with van der Waals surface area (Å²) in [6, 6.07) is 6.67. The van der Waals surface area contributed by atoms with Crippen LogP contribution in [0.25, 0.3) is 15.9 Å². The fraction of sp³-hybridized carbons (Fsp3) is 0.458. The number of piperidine rings is 1. The third kappa shape index (κ3) is 3.61. The second-order valence-corrected chi connectivity index (χ2v) is 10.8. The molecule has 168 valence electrons. The first-order valence-corrected chi connectivity index (χ1v) is 12.4. The number of fused-ring (bicyclic) bond motifs is 3. The van der Waals surface area contributed by atoms with Crippen LogP contribution in [-0.2, 0) is 24.2 Å². The molecule has 32 heavy (non-hydrogen) atoms. The number of carbonyl (C=O) groups is 1. The van der Waals surface area contributed by atoms with Gasteiger partial charge in [-0.3, -0.25) is 14.2 Å². The molecule has 3 aromatic rings. The average Bonchev–Trinajstić information content (AvgIpc) is 3.33. The number of likely N-dealkylation sites (tertiary alicyclic amines) is 1. The Morgan fingerprint density at radius 3 is 2.47 bits per heavy atom. The molecule has 1 aliphatic heterocycles. The summed E-state index contributed by atoms with van der Waals surface area (Å²) in [5.74, 6) is 0.808. The normalized spacial score (nSPS) is 20.7. The molecule has 0 N–H and O–H groups in total. The predicted octanol–water partition coefficient (Wildman–Crippen LogP) is 3.86. The Bertz CT molecular complexity index is 1310. The first kappa shape index (κ1) is 21.5. The van der Waals surface area contributed by atoms with Gasteiger partial charge in [-0.05, 0) is 67.3 Å². The van der Waals surface area contributed by atoms with E-state index in [-0.39, 0.29) is 18.0 Å². The van der Waals surface area contributed by atoms with E-state index in [1.165, 1.54) is 20.5 Å². The van der Waals surface area contributed by atoms with Crippen molar-refractivity contribution in [1.29, 1.82) is 0 Å². The molecule has 1 aromatic carbocycles. The number of hydrogen-bond acceptors (Lipinski definition) is 4. The minimum absolute atomic E-state index is 0.0535. The Balaban J connectivity index is 1.66. The minimum atomic E-state index is -0.476. The first-order valence-electron chi connectivity index (χ1n) is 11.2. The van der Waals surface area contributed by atoms with Crippen LogP contribution in [0.1, 0.15) is 37.1 Å². The minimum Gasteiger partial charge on any atom is -0.341 e. The number of nitrogens with zero attached hydrogens (tertiary/aromatic N) is 3. The highest BCUT2D eigenvalue weighted by Crippen LogP contribution is 2.35. The van der Waals surface area contributed by atoms with Gasteiger partial charge in [-0.15, -0.1) is 11.3 Å². The predicted molar refractivity (Wildman–Crippen MR) is 128 cm³/mol. The van der Waals surface area contributed by atoms with Crippen molar-refractivity contribution in [1.82, 2.24) is 14.0 Å². The molecule has 2 aliphatic rings. The van der Waals surface area contributed by atoms with Crippen LogP contribution >= 0.6 is 22.9 Å². The number of aryl methyl sites for hydroxylation is 2. The zero-order valence-electron chi connectivity index (χ0n) is 18.3. The monoisotopic (exact) mass is 471 g/mol. The molecule has 3 heterocycles. The average molecular weight is 472 g/mol. The third-order valence-electron chi connectivity index (χ3n) is 6.59. The van der Waals surface area contributed by atoms with Crippen molar-refractivity contribution in [3.05, 3.63) is 60.6 Å². The van der Waals surface area contributed by atoms with E-state index in [9.17, 15) is 14.4 Å². The Hall–Kier alpha value is -2.38. The molecular formula is C24H26ClN3O3S. The summed E-state index contributed by atoms with van der Waals surface area (Å²) in [6.07, 6.45) is 3.86. The van der Waals surface area contributed by atoms with Gasteiger partial charge in [-0.25, -0.2) is 9.36 Å². The van der Waals surface area contributed by atoms with Gasteiger partial charge >= 0.3 is 5.69 Å². The van der Waals surface area contributed by atoms with Crippen molar-refractivity contribution in [2.24, 2.45) is 11.8 Å². The van der Waals surface area contributed by atoms with Gasteiger partial charge in [0.15, 0.2) is 0 Å². The van der Waals surface area contributed by atoms with E-state index in [1.807, 2.05) is 4.90 Å². The summed E-state index contributed by atoms with van der Waals surface area (Å²) >= 11 is 7.52. The fourth-order valence-corrected chi connectivity index (χ4v) is 6.76. The van der Waals surface area contributed by atoms with Crippen LogP contribution in [-0.4, -0.2) is 33.0 Å². The van der Waals surface area contributed by atoms with Crippen LogP contribution in [0.2, 0.25) is 5.02 Å². The van der Waals surface area contributed by atoms with E-state index in [2.05, 4.69) is 13.8 Å². The van der Waals surface area contributed by atoms with E-state index in [1.54, 1.807) is 24.3 Å². The Kier molecular flexibility index (Phi) is 5.50. The molecule has 8 heteroatoms. The van der Waals surface area contributed by atoms with E-state index >= 15 is 0 Å². The molecule has 1 fully saturated rings. The summed E-state index contributed by atoms with van der Waals surface area (Å²) in [7, 11) is 0. The zero-order valence-corrected chi connectivity index (χ0v) is 19.8. The van der Waals surface area contributed by atoms with Gasteiger partial charge in [0, 0.05) is 23.0 Å². The van der Waals surface area contributed by atoms with Gasteiger partial charge in [0.25, 0.3) is 5.56 Å². The summed E-state index contributed by atoms with van der Waals surface area (Å²) in [4.78, 5) is 44.0. The number of rotatable bonds is 3. The SMILES string of the molecule is C[C@H]1C[C@H](C)CN(C(=O)Cn2c(=O)n(-c3ccc(Cl)cc3)c(=O)c3c4c(sc32)CCC4)C1. The van der Waals surface area contributed by atoms with Crippen molar-refractivity contribution >= 4 is 39.1 Å². The number of halogens is 1. The van der Waals surface area contributed by atoms with Crippen molar-refractivity contribution in [2.45, 2.75) is 46.1 Å². The molecule has 0 unspecified atom stereocenters. The van der Waals surface area contributed by atoms with Crippen LogP contribution in [0.15, 0.2) is 33.9 Å². The molecule has 1 aliphatic carbocycles. The van der Waals surface area contributed by atoms with Crippen LogP contribution < -0.4 is 11.2 Å². The van der Waals surface area contributed by atoms with E-state index < -0.39 is 5.69 Å². The van der Waals surface area contributed by atoms with Gasteiger partial charge in [0.05, 0.1) is 11.1 Å². The zero-order chi connectivity index (χ0) is 22.6. The molecule has 2 aromatic heterocycles. The largest absolute Gasteiger partial charge is 0.341 e. The lowest BCUT2D eigenvalue weighted by atomic mass is 9.92. The van der Waals surface area contributed by atoms with Gasteiger partial charge in [-0.2, -0.15) is 0 Å². The van der Waals surface area contributed by atoms with Crippen molar-refractivity contribution in [3.63, 3.8) is 0 Å². The number of thiophene rings is 1. The van der Waals surface area contributed by atoms with Crippen molar-refractivity contribution in [2.75, 3.05) is 13.1 Å². The highest BCUT2D eigenvalue weighted by molar-refractivity contribution is 7.19. The summed E-state index contributed by atoms with van der Waals surface area (Å²) in [5.41, 5.74) is 0.719. The highest BCUT2D eigenvalue weighted by atomic mass is 35.5. The quantitative estimate of drug-likeness (QED) is 0.582. The number of benzene rings is 1. The first-order chi connectivity index (χ1) is 15.3. The second-order valence-electron chi connectivity index (χ2n) is 9.27. The molecule has 2 atom stereocenters. The van der Waals surface area contributed by atoms with Crippen LogP contribution in [0.5, 0.6) is 0 Å². The van der Waals surface area contributed by atoms with E-state index in [0.29, 0.717) is 45.9 Å². The van der Waals surface area contributed by atoms with Gasteiger partial charge in [0.2, 0.25) is 5.91 Å². The maximum Gasteiger partial charge on any atom is 0.337 e. The lowest BCUT2D eigenvalue weighted by molar-refractivity contribution is -0.134. The maximum atomic E-state index is 13.6. The molecule has 1 amide bonds. The lowest BCUT2D eigenvalue weighted by Crippen LogP contribution is -2.46. The number of hydrogen-bond donors (Lipinski definition) is 0. The van der Waals surface area contributed by atoms with Crippen LogP contribution in [0, 0.1) is 11.8 Å². The van der Waals surface area contributed by atoms with Crippen molar-refractivity contribution < 1.29 is 4.79 Å². The summed E-state index contributed by atoms with van der Waals surface area (Å²) in [5, 5.41) is 1.12. The maximum absolute atomic E-state index is 13.6. The van der Waals surface area contributed by atoms with Gasteiger partial charge in [-0.1, -0.05) is 25.4 Å². The molecule has 0 saturated carbocycles. The fourth-order valence-electron chi connectivity index (χ4n) is 5.27. The molecule has 0 bridgehead atoms. The van der Waals surface area contributed by atoms with Gasteiger partial charge < -0.3 is 4.90 Å². The van der Waals surface area contributed by atoms with E-state index in [4.69, 9.17) is 11.6 Å². The number of carbonyl (C=O) groups excluding carboxylic acids is 1. The van der Waals surface area contributed by atoms with Crippen LogP contribution in [0.3, 0.4) is 0 Å². The molecule has 6 nitrogen and oxygen atoms in total. The Morgan fingerprint density at radius 1 is 1.09 bits per heavy atom. The lowest BCUT2D eigenvalue weighted by Gasteiger charge is -2.35. The second kappa shape index (κ2) is 8.19. The van der Waals surface area contributed by atoms with E-state index in [0.717, 1.165) is 36.1 Å². The Morgan fingerprint density at radius 2 is 1.78 bits per heavy atom. The summed E-state index contributed by atoms with van der Waals surface area (Å²) < 4.78 is 2.71. The molecule has 5 rings (SSSR count). The van der Waals surface area contributed by atoms with Crippen LogP contribution in [0.4, 0.5) is 0 Å². The molecular weight excluding hydrogens is 446 g/mol.